The Morgan fingerprint density at radius 1 is 0.308 bits per heavy atom. The minimum absolute atomic E-state index is 0.0187. The molecule has 0 aliphatic heterocycles. The van der Waals surface area contributed by atoms with Gasteiger partial charge in [0.25, 0.3) is 0 Å². The highest BCUT2D eigenvalue weighted by molar-refractivity contribution is 6.13. The fraction of sp³-hybridized carbons (Fsp3) is 0.511. The van der Waals surface area contributed by atoms with Crippen LogP contribution in [-0.2, 0) is 109 Å². The number of rotatable bonds is 53. The summed E-state index contributed by atoms with van der Waals surface area (Å²) in [5.74, 6) is 3.08. The number of nitrogens with one attached hydrogen (secondary N) is 8. The first kappa shape index (κ1) is 97.9. The molecule has 8 aromatic heterocycles. The Kier molecular flexibility index (Phi) is 34.3. The minimum atomic E-state index is -1.11. The summed E-state index contributed by atoms with van der Waals surface area (Å²) in [5, 5.41) is 69.9. The molecular formula is C90H122N20O20. The van der Waals surface area contributed by atoms with Crippen molar-refractivity contribution < 1.29 is 96.4 Å². The van der Waals surface area contributed by atoms with Gasteiger partial charge in [0.05, 0.1) is 204 Å². The van der Waals surface area contributed by atoms with E-state index in [1.165, 1.54) is 0 Å². The van der Waals surface area contributed by atoms with Crippen LogP contribution in [0.1, 0.15) is 85.6 Å². The topological polar surface area (TPSA) is 479 Å². The second kappa shape index (κ2) is 45.6. The van der Waals surface area contributed by atoms with E-state index in [4.69, 9.17) is 96.7 Å². The van der Waals surface area contributed by atoms with E-state index in [-0.39, 0.29) is 208 Å². The monoisotopic (exact) mass is 1800 g/mol. The fourth-order valence-electron chi connectivity index (χ4n) is 15.0. The third-order valence-electron chi connectivity index (χ3n) is 20.3. The summed E-state index contributed by atoms with van der Waals surface area (Å²) in [4.78, 5) is 93.0. The number of amides is 8. The normalized spacial score (nSPS) is 12.5. The third-order valence-corrected chi connectivity index (χ3v) is 20.3. The van der Waals surface area contributed by atoms with Gasteiger partial charge in [-0.3, -0.25) is 21.3 Å². The van der Waals surface area contributed by atoms with E-state index in [0.717, 1.165) is 21.5 Å². The number of pyridine rings is 4. The molecule has 4 aromatic carbocycles. The Hall–Kier alpha value is -11.2. The van der Waals surface area contributed by atoms with Gasteiger partial charge in [-0.15, -0.1) is 0 Å². The number of fused-ring (bicyclic) bond motifs is 12. The van der Waals surface area contributed by atoms with Crippen molar-refractivity contribution in [3.63, 3.8) is 0 Å². The molecule has 12 rings (SSSR count). The van der Waals surface area contributed by atoms with E-state index >= 15 is 0 Å². The highest BCUT2D eigenvalue weighted by Gasteiger charge is 2.35. The van der Waals surface area contributed by atoms with Crippen molar-refractivity contribution in [1.82, 2.24) is 79.4 Å². The second-order valence-electron chi connectivity index (χ2n) is 34.0. The number of aromatic nitrogens is 12. The van der Waals surface area contributed by atoms with Crippen LogP contribution in [0.4, 0.5) is 42.4 Å². The lowest BCUT2D eigenvalue weighted by atomic mass is 9.92. The molecule has 0 fully saturated rings. The van der Waals surface area contributed by atoms with Crippen LogP contribution in [-0.4, -0.2) is 285 Å². The van der Waals surface area contributed by atoms with Gasteiger partial charge in [0.1, 0.15) is 71.8 Å². The lowest BCUT2D eigenvalue weighted by Gasteiger charge is -2.33. The predicted molar refractivity (Wildman–Crippen MR) is 490 cm³/mol. The first-order chi connectivity index (χ1) is 62.4. The van der Waals surface area contributed by atoms with Crippen molar-refractivity contribution in [3.05, 3.63) is 120 Å². The van der Waals surface area contributed by atoms with Gasteiger partial charge in [-0.05, 0) is 86.6 Å². The molecule has 12 aromatic rings. The standard InChI is InChI=1S/C90H122N20O20/c1-13-122-49-69-102-73-77(110(69)53-89(8,9)118)61-25-17-21-29-65(61)98-81(73)106-85(114)94-33-37-126-41-45-130-57-90(54-127-42-38-123-34-30-91-82(111)103-78-70-74(58-22-14-18-26-62(58)95-78)107(50-86(2,3)115)66(99-70)46-119-10,55-128-43-39-124-35-31-92-83(112)104-79-71-75(59-23-15-19-27-63(59)96-79)108(51-87(4,5)116)67(100-71)47-120-11)56-129-44-40-125-36-32-93-84(113)105-80-72-76(60-24-16-20-28-64(60)97-80)109(52-88(6,7)117)68(101-72)48-121-12/h14-29,115-118H,13,30-57H2,1-12H3,(H2,91,95,103,111)(H2,92,96,104,112)(H2,93,97,105,113)(H2,94,98,106,114). The summed E-state index contributed by atoms with van der Waals surface area (Å²) in [5.41, 5.74) is 1.42. The maximum atomic E-state index is 13.7. The Morgan fingerprint density at radius 3 is 0.754 bits per heavy atom. The maximum Gasteiger partial charge on any atom is 0.320 e. The summed E-state index contributed by atoms with van der Waals surface area (Å²) < 4.78 is 79.5. The van der Waals surface area contributed by atoms with Crippen molar-refractivity contribution in [1.29, 1.82) is 0 Å². The highest BCUT2D eigenvalue weighted by Crippen LogP contribution is 2.37. The first-order valence-electron chi connectivity index (χ1n) is 43.3. The van der Waals surface area contributed by atoms with E-state index in [0.29, 0.717) is 96.1 Å². The molecule has 8 heterocycles. The van der Waals surface area contributed by atoms with E-state index in [1.807, 2.05) is 122 Å². The Bertz CT molecular complexity index is 5390. The molecule has 130 heavy (non-hydrogen) atoms. The molecule has 8 amide bonds. The molecule has 40 heteroatoms. The number of hydrogen-bond donors (Lipinski definition) is 12. The van der Waals surface area contributed by atoms with Gasteiger partial charge in [0, 0.05) is 75.7 Å². The summed E-state index contributed by atoms with van der Waals surface area (Å²) in [6, 6.07) is 27.8. The Morgan fingerprint density at radius 2 is 0.531 bits per heavy atom. The number of hydrogen-bond acceptors (Lipinski definition) is 28. The van der Waals surface area contributed by atoms with Crippen molar-refractivity contribution in [3.8, 4) is 0 Å². The number of nitrogens with zero attached hydrogens (tertiary/aromatic N) is 12. The zero-order chi connectivity index (χ0) is 92.6. The smallest absolute Gasteiger partial charge is 0.320 e. The quantitative estimate of drug-likeness (QED) is 0.0158. The summed E-state index contributed by atoms with van der Waals surface area (Å²) >= 11 is 0. The van der Waals surface area contributed by atoms with Crippen LogP contribution in [0.25, 0.3) is 87.7 Å². The van der Waals surface area contributed by atoms with Crippen LogP contribution in [0.2, 0.25) is 0 Å². The van der Waals surface area contributed by atoms with Gasteiger partial charge < -0.3 is 117 Å². The molecule has 0 aliphatic rings. The van der Waals surface area contributed by atoms with Crippen molar-refractivity contribution >= 4 is 135 Å². The number of benzene rings is 4. The molecule has 0 atom stereocenters. The van der Waals surface area contributed by atoms with E-state index in [1.54, 1.807) is 76.7 Å². The van der Waals surface area contributed by atoms with Crippen molar-refractivity contribution in [2.75, 3.05) is 181 Å². The van der Waals surface area contributed by atoms with Crippen LogP contribution in [0.15, 0.2) is 97.1 Å². The number of ether oxygens (including phenoxy) is 12. The third kappa shape index (κ3) is 26.8. The molecule has 0 saturated heterocycles. The number of anilines is 4. The molecule has 0 aliphatic carbocycles. The van der Waals surface area contributed by atoms with Crippen LogP contribution in [0.3, 0.4) is 0 Å². The molecule has 0 spiro atoms. The second-order valence-corrected chi connectivity index (χ2v) is 34.0. The van der Waals surface area contributed by atoms with Crippen LogP contribution >= 0.6 is 0 Å². The van der Waals surface area contributed by atoms with Gasteiger partial charge in [0.15, 0.2) is 23.3 Å². The maximum absolute atomic E-state index is 13.7. The van der Waals surface area contributed by atoms with Gasteiger partial charge >= 0.3 is 24.1 Å². The van der Waals surface area contributed by atoms with Gasteiger partial charge in [-0.1, -0.05) is 72.8 Å². The Balaban J connectivity index is 0.689. The van der Waals surface area contributed by atoms with E-state index in [2.05, 4.69) is 42.5 Å². The minimum Gasteiger partial charge on any atom is -0.389 e. The summed E-state index contributed by atoms with van der Waals surface area (Å²) in [6.07, 6.45) is 0. The molecule has 0 radical (unpaired) electrons. The number of methoxy groups -OCH3 is 3. The van der Waals surface area contributed by atoms with E-state index in [9.17, 15) is 39.6 Å². The lowest BCUT2D eigenvalue weighted by molar-refractivity contribution is -0.121. The fourth-order valence-corrected chi connectivity index (χ4v) is 15.0. The van der Waals surface area contributed by atoms with Crippen LogP contribution < -0.4 is 42.5 Å². The molecule has 702 valence electrons. The highest BCUT2D eigenvalue weighted by atomic mass is 16.6. The largest absolute Gasteiger partial charge is 0.389 e. The number of para-hydroxylation sites is 4. The van der Waals surface area contributed by atoms with Crippen LogP contribution in [0, 0.1) is 5.41 Å². The van der Waals surface area contributed by atoms with Crippen molar-refractivity contribution in [2.24, 2.45) is 5.41 Å². The average molecular weight is 1800 g/mol. The molecule has 0 unspecified atom stereocenters. The zero-order valence-electron chi connectivity index (χ0n) is 75.9. The molecule has 40 nitrogen and oxygen atoms in total. The molecule has 0 bridgehead atoms. The SMILES string of the molecule is CCOCc1nc2c(NC(=O)NCCOCCOCC(COCCOCCNC(=O)Nc3nc4ccccc4c4c3nc(COC)n4CC(C)(C)O)(COCCOCCNC(=O)Nc3nc4ccccc4c4c3nc(COC)n4CC(C)(C)O)COCCOCCNC(=O)Nc3nc4ccccc4c4c3nc(COC)n4CC(C)(C)O)nc3ccccc3c2n1CC(C)(C)O. The van der Waals surface area contributed by atoms with Crippen LogP contribution in [0.5, 0.6) is 0 Å². The van der Waals surface area contributed by atoms with Crippen molar-refractivity contribution in [2.45, 2.75) is 137 Å². The van der Waals surface area contributed by atoms with Gasteiger partial charge in [0.2, 0.25) is 0 Å². The lowest BCUT2D eigenvalue weighted by Crippen LogP contribution is -2.43. The Labute approximate surface area is 751 Å². The number of aliphatic hydroxyl groups is 4. The first-order valence-corrected chi connectivity index (χ1v) is 43.3. The number of carbonyl (C=O) groups excluding carboxylic acids is 4. The number of imidazole rings is 4. The molecule has 12 N–H and O–H groups in total. The number of urea groups is 4. The zero-order valence-corrected chi connectivity index (χ0v) is 75.9. The molecule has 0 saturated carbocycles. The summed E-state index contributed by atoms with van der Waals surface area (Å²) in [7, 11) is 4.67. The average Bonchev–Trinajstić information content (AvgIpc) is 1.60. The van der Waals surface area contributed by atoms with Gasteiger partial charge in [-0.25, -0.2) is 59.0 Å². The number of carbonyl (C=O) groups is 4. The predicted octanol–water partition coefficient (Wildman–Crippen LogP) is 9.04. The molecular weight excluding hydrogens is 1680 g/mol. The van der Waals surface area contributed by atoms with E-state index < -0.39 is 51.9 Å². The summed E-state index contributed by atoms with van der Waals surface area (Å²) in [6.45, 7) is 19.1. The van der Waals surface area contributed by atoms with Gasteiger partial charge in [-0.2, -0.15) is 0 Å².